The lowest BCUT2D eigenvalue weighted by Gasteiger charge is -2.28. The summed E-state index contributed by atoms with van der Waals surface area (Å²) in [5.41, 5.74) is 0. The zero-order valence-electron chi connectivity index (χ0n) is 34.1. The molecule has 0 radical (unpaired) electrons. The summed E-state index contributed by atoms with van der Waals surface area (Å²) in [6.07, 6.45) is 63.2. The van der Waals surface area contributed by atoms with E-state index in [0.29, 0.717) is 0 Å². The van der Waals surface area contributed by atoms with Crippen molar-refractivity contribution in [2.75, 3.05) is 24.6 Å². The minimum absolute atomic E-state index is 0.776. The fraction of sp³-hybridized carbons (Fsp3) is 1.00. The summed E-state index contributed by atoms with van der Waals surface area (Å²) in [5, 5.41) is 0. The van der Waals surface area contributed by atoms with E-state index in [0.717, 1.165) is 0 Å². The Morgan fingerprint density at radius 2 is 0.298 bits per heavy atom. The van der Waals surface area contributed by atoms with Crippen LogP contribution in [0.4, 0.5) is 0 Å². The van der Waals surface area contributed by atoms with Gasteiger partial charge in [0, 0.05) is 7.26 Å². The van der Waals surface area contributed by atoms with E-state index in [1.165, 1.54) is 218 Å². The topological polar surface area (TPSA) is 0 Å². The molecule has 0 aromatic heterocycles. The van der Waals surface area contributed by atoms with E-state index in [4.69, 9.17) is 0 Å². The second-order valence-corrected chi connectivity index (χ2v) is 20.7. The predicted molar refractivity (Wildman–Crippen MR) is 225 cm³/mol. The molecule has 0 heterocycles. The van der Waals surface area contributed by atoms with E-state index in [9.17, 15) is 0 Å². The minimum atomic E-state index is -0.776. The van der Waals surface area contributed by atoms with Gasteiger partial charge in [-0.1, -0.05) is 220 Å². The monoisotopic (exact) mass is 680 g/mol. The molecule has 0 saturated heterocycles. The van der Waals surface area contributed by atoms with Gasteiger partial charge < -0.3 is 0 Å². The highest BCUT2D eigenvalue weighted by Gasteiger charge is 2.35. The lowest BCUT2D eigenvalue weighted by molar-refractivity contribution is 0.551. The molecule has 0 bridgehead atoms. The molecule has 47 heavy (non-hydrogen) atoms. The molecule has 0 aliphatic heterocycles. The van der Waals surface area contributed by atoms with Crippen LogP contribution < -0.4 is 0 Å². The van der Waals surface area contributed by atoms with Gasteiger partial charge >= 0.3 is 0 Å². The molecule has 284 valence electrons. The molecule has 0 atom stereocenters. The number of hydrogen-bond acceptors (Lipinski definition) is 0. The number of unbranched alkanes of at least 4 members (excludes halogenated alkanes) is 34. The van der Waals surface area contributed by atoms with Crippen LogP contribution in [0.25, 0.3) is 0 Å². The van der Waals surface area contributed by atoms with Crippen molar-refractivity contribution in [1.29, 1.82) is 0 Å². The lowest BCUT2D eigenvalue weighted by Crippen LogP contribution is -2.13. The third-order valence-electron chi connectivity index (χ3n) is 11.4. The van der Waals surface area contributed by atoms with Crippen LogP contribution in [0.1, 0.15) is 272 Å². The minimum Gasteiger partial charge on any atom is -0.0654 e. The third-order valence-corrected chi connectivity index (χ3v) is 16.5. The van der Waals surface area contributed by atoms with Crippen LogP contribution >= 0.6 is 7.26 Å². The third kappa shape index (κ3) is 36.0. The fourth-order valence-corrected chi connectivity index (χ4v) is 13.0. The first-order valence-corrected chi connectivity index (χ1v) is 25.6. The Balaban J connectivity index is 4.71. The Morgan fingerprint density at radius 3 is 0.447 bits per heavy atom. The Bertz CT molecular complexity index is 477. The van der Waals surface area contributed by atoms with Gasteiger partial charge in [0.05, 0.1) is 24.6 Å². The average molecular weight is 680 g/mol. The first kappa shape index (κ1) is 47.4. The Labute approximate surface area is 302 Å². The summed E-state index contributed by atoms with van der Waals surface area (Å²) >= 11 is 0. The quantitative estimate of drug-likeness (QED) is 0.0445. The maximum absolute atomic E-state index is 2.38. The molecule has 0 nitrogen and oxygen atoms in total. The van der Waals surface area contributed by atoms with Crippen molar-refractivity contribution in [3.8, 4) is 0 Å². The van der Waals surface area contributed by atoms with E-state index >= 15 is 0 Å². The molecule has 0 saturated carbocycles. The molecule has 1 heteroatoms. The van der Waals surface area contributed by atoms with Gasteiger partial charge in [0.15, 0.2) is 0 Å². The van der Waals surface area contributed by atoms with E-state index in [2.05, 4.69) is 27.7 Å². The zero-order chi connectivity index (χ0) is 34.2. The molecule has 0 spiro atoms. The lowest BCUT2D eigenvalue weighted by atomic mass is 10.1. The molecule has 0 N–H and O–H groups in total. The average Bonchev–Trinajstić information content (AvgIpc) is 3.08. The fourth-order valence-electron chi connectivity index (χ4n) is 8.06. The smallest absolute Gasteiger partial charge is 0.0594 e. The van der Waals surface area contributed by atoms with Crippen LogP contribution in [0.3, 0.4) is 0 Å². The van der Waals surface area contributed by atoms with Crippen LogP contribution in [-0.4, -0.2) is 24.6 Å². The van der Waals surface area contributed by atoms with Crippen molar-refractivity contribution in [3.63, 3.8) is 0 Å². The highest BCUT2D eigenvalue weighted by atomic mass is 31.2. The largest absolute Gasteiger partial charge is 0.0654 e. The molecule has 0 aromatic rings. The maximum atomic E-state index is 2.38. The molecule has 0 rings (SSSR count). The van der Waals surface area contributed by atoms with Gasteiger partial charge in [-0.2, -0.15) is 0 Å². The molecule has 0 fully saturated rings. The highest BCUT2D eigenvalue weighted by Crippen LogP contribution is 2.61. The molecule has 0 aliphatic carbocycles. The second-order valence-electron chi connectivity index (χ2n) is 16.3. The van der Waals surface area contributed by atoms with Crippen LogP contribution in [-0.2, 0) is 0 Å². The van der Waals surface area contributed by atoms with Crippen molar-refractivity contribution < 1.29 is 0 Å². The Hall–Kier alpha value is 0.430. The van der Waals surface area contributed by atoms with Gasteiger partial charge in [-0.25, -0.2) is 0 Å². The predicted octanol–water partition coefficient (Wildman–Crippen LogP) is 17.9. The van der Waals surface area contributed by atoms with Gasteiger partial charge in [0.25, 0.3) is 0 Å². The summed E-state index contributed by atoms with van der Waals surface area (Å²) in [7, 11) is -0.776. The van der Waals surface area contributed by atoms with Gasteiger partial charge in [0.1, 0.15) is 0 Å². The number of rotatable bonds is 42. The van der Waals surface area contributed by atoms with Crippen LogP contribution in [0, 0.1) is 0 Å². The normalized spacial score (nSPS) is 12.0. The summed E-state index contributed by atoms with van der Waals surface area (Å²) in [5.74, 6) is 0. The van der Waals surface area contributed by atoms with E-state index in [1.807, 2.05) is 0 Å². The SMILES string of the molecule is CCCCCCCCCCCCC[P+](CCCCCCC)(CCCCCCCCCCCCC)CCCCCCCCCCCCC. The Kier molecular flexibility index (Phi) is 41.2. The molecular formula is C46H96P+. The van der Waals surface area contributed by atoms with Crippen LogP contribution in [0.5, 0.6) is 0 Å². The van der Waals surface area contributed by atoms with E-state index in [1.54, 1.807) is 50.3 Å². The Morgan fingerprint density at radius 1 is 0.170 bits per heavy atom. The van der Waals surface area contributed by atoms with Crippen LogP contribution in [0.15, 0.2) is 0 Å². The van der Waals surface area contributed by atoms with Gasteiger partial charge in [-0.05, 0) is 51.4 Å². The molecule has 0 aromatic carbocycles. The van der Waals surface area contributed by atoms with Gasteiger partial charge in [-0.15, -0.1) is 0 Å². The standard InChI is InChI=1S/C46H96P/c1-5-9-13-17-20-23-26-29-32-36-40-44-47(43-39-35-16-12-8-4,45-41-37-33-30-27-24-21-18-14-10-6-2)46-42-38-34-31-28-25-22-19-15-11-7-3/h5-46H2,1-4H3/q+1. The first-order chi connectivity index (χ1) is 23.2. The zero-order valence-corrected chi connectivity index (χ0v) is 35.0. The van der Waals surface area contributed by atoms with E-state index < -0.39 is 7.26 Å². The number of hydrogen-bond donors (Lipinski definition) is 0. The summed E-state index contributed by atoms with van der Waals surface area (Å²) in [6.45, 7) is 9.38. The summed E-state index contributed by atoms with van der Waals surface area (Å²) < 4.78 is 0. The van der Waals surface area contributed by atoms with E-state index in [-0.39, 0.29) is 0 Å². The highest BCUT2D eigenvalue weighted by molar-refractivity contribution is 7.75. The van der Waals surface area contributed by atoms with Crippen molar-refractivity contribution in [3.05, 3.63) is 0 Å². The summed E-state index contributed by atoms with van der Waals surface area (Å²) in [6, 6.07) is 0. The molecule has 0 unspecified atom stereocenters. The van der Waals surface area contributed by atoms with Crippen molar-refractivity contribution >= 4 is 7.26 Å². The van der Waals surface area contributed by atoms with Crippen molar-refractivity contribution in [2.45, 2.75) is 272 Å². The molecule has 0 aliphatic rings. The first-order valence-electron chi connectivity index (χ1n) is 23.1. The van der Waals surface area contributed by atoms with Crippen LogP contribution in [0.2, 0.25) is 0 Å². The van der Waals surface area contributed by atoms with Crippen molar-refractivity contribution in [2.24, 2.45) is 0 Å². The second kappa shape index (κ2) is 40.9. The molecule has 0 amide bonds. The van der Waals surface area contributed by atoms with Gasteiger partial charge in [-0.3, -0.25) is 0 Å². The molecular weight excluding hydrogens is 583 g/mol. The van der Waals surface area contributed by atoms with Crippen molar-refractivity contribution in [1.82, 2.24) is 0 Å². The summed E-state index contributed by atoms with van der Waals surface area (Å²) in [4.78, 5) is 0. The van der Waals surface area contributed by atoms with Gasteiger partial charge in [0.2, 0.25) is 0 Å². The maximum Gasteiger partial charge on any atom is 0.0594 e.